The van der Waals surface area contributed by atoms with Gasteiger partial charge in [0.15, 0.2) is 28.6 Å². The van der Waals surface area contributed by atoms with Crippen LogP contribution in [0.2, 0.25) is 5.02 Å². The maximum absolute atomic E-state index is 12.8. The number of fused-ring (bicyclic) bond motifs is 1. The number of carbonyl (C=O) groups excluding carboxylic acids is 1. The highest BCUT2D eigenvalue weighted by atomic mass is 35.5. The molecule has 33 heavy (non-hydrogen) atoms. The molecule has 1 atom stereocenters. The molecular weight excluding hydrogens is 464 g/mol. The number of carbonyl (C=O) groups is 1. The van der Waals surface area contributed by atoms with Gasteiger partial charge in [0.2, 0.25) is 5.91 Å². The fourth-order valence-electron chi connectivity index (χ4n) is 3.32. The van der Waals surface area contributed by atoms with Crippen LogP contribution in [0.15, 0.2) is 53.7 Å². The minimum absolute atomic E-state index is 0.00169. The van der Waals surface area contributed by atoms with Crippen molar-refractivity contribution >= 4 is 29.3 Å². The molecule has 0 radical (unpaired) electrons. The van der Waals surface area contributed by atoms with Gasteiger partial charge < -0.3 is 23.7 Å². The largest absolute Gasteiger partial charge is 0.486 e. The van der Waals surface area contributed by atoms with Crippen molar-refractivity contribution < 1.29 is 19.0 Å². The molecule has 0 bridgehead atoms. The maximum Gasteiger partial charge on any atom is 0.233 e. The summed E-state index contributed by atoms with van der Waals surface area (Å²) in [6, 6.07) is 14.8. The SMILES string of the molecule is CCN(C[C@H]1COc2ccccc2O1)C(=O)CSc1nnc(COc2ccccc2Cl)n1C. The molecular formula is C23H25ClN4O4S. The number of thioether (sulfide) groups is 1. The van der Waals surface area contributed by atoms with Crippen LogP contribution in [0.1, 0.15) is 12.7 Å². The molecule has 0 spiro atoms. The lowest BCUT2D eigenvalue weighted by molar-refractivity contribution is -0.129. The summed E-state index contributed by atoms with van der Waals surface area (Å²) >= 11 is 7.47. The van der Waals surface area contributed by atoms with Crippen LogP contribution in [0.5, 0.6) is 17.2 Å². The number of ether oxygens (including phenoxy) is 3. The third-order valence-electron chi connectivity index (χ3n) is 5.17. The minimum Gasteiger partial charge on any atom is -0.486 e. The summed E-state index contributed by atoms with van der Waals surface area (Å²) in [4.78, 5) is 14.6. The average molecular weight is 489 g/mol. The predicted molar refractivity (Wildman–Crippen MR) is 126 cm³/mol. The Kier molecular flexibility index (Phi) is 7.61. The number of halogens is 1. The Balaban J connectivity index is 1.29. The molecule has 0 unspecified atom stereocenters. The van der Waals surface area contributed by atoms with Gasteiger partial charge in [-0.3, -0.25) is 4.79 Å². The molecule has 1 aliphatic heterocycles. The van der Waals surface area contributed by atoms with Gasteiger partial charge in [-0.2, -0.15) is 0 Å². The molecule has 1 aromatic heterocycles. The average Bonchev–Trinajstić information content (AvgIpc) is 3.19. The molecule has 10 heteroatoms. The monoisotopic (exact) mass is 488 g/mol. The summed E-state index contributed by atoms with van der Waals surface area (Å²) < 4.78 is 19.3. The smallest absolute Gasteiger partial charge is 0.233 e. The van der Waals surface area contributed by atoms with Gasteiger partial charge in [-0.1, -0.05) is 47.6 Å². The van der Waals surface area contributed by atoms with E-state index < -0.39 is 0 Å². The van der Waals surface area contributed by atoms with Crippen LogP contribution in [0.25, 0.3) is 0 Å². The molecule has 3 aromatic rings. The summed E-state index contributed by atoms with van der Waals surface area (Å²) in [6.45, 7) is 3.62. The molecule has 0 aliphatic carbocycles. The third-order valence-corrected chi connectivity index (χ3v) is 6.49. The molecule has 174 valence electrons. The van der Waals surface area contributed by atoms with Crippen molar-refractivity contribution in [3.8, 4) is 17.2 Å². The van der Waals surface area contributed by atoms with Crippen molar-refractivity contribution in [2.24, 2.45) is 7.05 Å². The molecule has 0 saturated carbocycles. The van der Waals surface area contributed by atoms with Gasteiger partial charge in [0.1, 0.15) is 19.0 Å². The number of amides is 1. The van der Waals surface area contributed by atoms with Crippen molar-refractivity contribution in [1.82, 2.24) is 19.7 Å². The summed E-state index contributed by atoms with van der Waals surface area (Å²) in [5, 5.41) is 9.56. The number of para-hydroxylation sites is 3. The lowest BCUT2D eigenvalue weighted by Crippen LogP contribution is -2.44. The Labute approximate surface area is 201 Å². The standard InChI is InChI=1S/C23H25ClN4O4S/c1-3-28(12-16-13-30-19-10-6-7-11-20(19)32-16)22(29)15-33-23-26-25-21(27(23)2)14-31-18-9-5-4-8-17(18)24/h4-11,16H,3,12-15H2,1-2H3/t16-/m0/s1. The third kappa shape index (κ3) is 5.72. The summed E-state index contributed by atoms with van der Waals surface area (Å²) in [5.74, 6) is 2.91. The van der Waals surface area contributed by atoms with E-state index in [1.807, 2.05) is 54.9 Å². The number of rotatable bonds is 9. The second kappa shape index (κ2) is 10.8. The topological polar surface area (TPSA) is 78.7 Å². The van der Waals surface area contributed by atoms with E-state index in [0.717, 1.165) is 5.75 Å². The van der Waals surface area contributed by atoms with E-state index in [0.29, 0.717) is 47.2 Å². The van der Waals surface area contributed by atoms with Crippen molar-refractivity contribution in [2.45, 2.75) is 24.8 Å². The van der Waals surface area contributed by atoms with Crippen LogP contribution in [0.4, 0.5) is 0 Å². The maximum atomic E-state index is 12.8. The van der Waals surface area contributed by atoms with Gasteiger partial charge in [-0.05, 0) is 31.2 Å². The van der Waals surface area contributed by atoms with Gasteiger partial charge in [-0.15, -0.1) is 10.2 Å². The van der Waals surface area contributed by atoms with Gasteiger partial charge in [0.05, 0.1) is 17.3 Å². The normalized spacial score (nSPS) is 14.7. The number of likely N-dealkylation sites (N-methyl/N-ethyl adjacent to an activating group) is 1. The summed E-state index contributed by atoms with van der Waals surface area (Å²) in [6.07, 6.45) is -0.211. The quantitative estimate of drug-likeness (QED) is 0.423. The number of hydrogen-bond acceptors (Lipinski definition) is 7. The lowest BCUT2D eigenvalue weighted by Gasteiger charge is -2.30. The van der Waals surface area contributed by atoms with E-state index in [4.69, 9.17) is 25.8 Å². The van der Waals surface area contributed by atoms with Crippen molar-refractivity contribution in [3.63, 3.8) is 0 Å². The number of hydrogen-bond donors (Lipinski definition) is 0. The van der Waals surface area contributed by atoms with Crippen molar-refractivity contribution in [1.29, 1.82) is 0 Å². The minimum atomic E-state index is -0.211. The first kappa shape index (κ1) is 23.3. The van der Waals surface area contributed by atoms with Crippen LogP contribution >= 0.6 is 23.4 Å². The number of aromatic nitrogens is 3. The van der Waals surface area contributed by atoms with Crippen LogP contribution in [-0.4, -0.2) is 57.1 Å². The first-order chi connectivity index (χ1) is 16.0. The highest BCUT2D eigenvalue weighted by Crippen LogP contribution is 2.31. The van der Waals surface area contributed by atoms with Crippen molar-refractivity contribution in [2.75, 3.05) is 25.4 Å². The zero-order valence-electron chi connectivity index (χ0n) is 18.4. The number of benzene rings is 2. The van der Waals surface area contributed by atoms with E-state index in [1.165, 1.54) is 11.8 Å². The second-order valence-corrected chi connectivity index (χ2v) is 8.75. The van der Waals surface area contributed by atoms with Gasteiger partial charge in [0.25, 0.3) is 0 Å². The van der Waals surface area contributed by atoms with E-state index in [1.54, 1.807) is 17.0 Å². The first-order valence-electron chi connectivity index (χ1n) is 10.6. The first-order valence-corrected chi connectivity index (χ1v) is 12.0. The predicted octanol–water partition coefficient (Wildman–Crippen LogP) is 3.83. The zero-order valence-corrected chi connectivity index (χ0v) is 20.0. The Hall–Kier alpha value is -2.91. The van der Waals surface area contributed by atoms with E-state index in [9.17, 15) is 4.79 Å². The molecule has 0 fully saturated rings. The number of nitrogens with zero attached hydrogens (tertiary/aromatic N) is 4. The molecule has 2 heterocycles. The van der Waals surface area contributed by atoms with Gasteiger partial charge in [0, 0.05) is 13.6 Å². The fraction of sp³-hybridized carbons (Fsp3) is 0.348. The molecule has 1 amide bonds. The highest BCUT2D eigenvalue weighted by Gasteiger charge is 2.25. The van der Waals surface area contributed by atoms with Crippen LogP contribution < -0.4 is 14.2 Å². The Morgan fingerprint density at radius 3 is 2.76 bits per heavy atom. The van der Waals surface area contributed by atoms with Crippen LogP contribution in [0, 0.1) is 0 Å². The van der Waals surface area contributed by atoms with E-state index in [-0.39, 0.29) is 24.4 Å². The highest BCUT2D eigenvalue weighted by molar-refractivity contribution is 7.99. The molecule has 0 saturated heterocycles. The second-order valence-electron chi connectivity index (χ2n) is 7.40. The Morgan fingerprint density at radius 2 is 1.97 bits per heavy atom. The fourth-order valence-corrected chi connectivity index (χ4v) is 4.35. The molecule has 1 aliphatic rings. The zero-order chi connectivity index (χ0) is 23.2. The van der Waals surface area contributed by atoms with Crippen molar-refractivity contribution in [3.05, 3.63) is 59.4 Å². The lowest BCUT2D eigenvalue weighted by atomic mass is 10.2. The van der Waals surface area contributed by atoms with E-state index in [2.05, 4.69) is 10.2 Å². The molecule has 2 aromatic carbocycles. The molecule has 8 nitrogen and oxygen atoms in total. The van der Waals surface area contributed by atoms with Crippen LogP contribution in [-0.2, 0) is 18.4 Å². The molecule has 4 rings (SSSR count). The van der Waals surface area contributed by atoms with Crippen LogP contribution in [0.3, 0.4) is 0 Å². The summed E-state index contributed by atoms with van der Waals surface area (Å²) in [7, 11) is 1.85. The Morgan fingerprint density at radius 1 is 1.21 bits per heavy atom. The molecule has 0 N–H and O–H groups in total. The van der Waals surface area contributed by atoms with E-state index >= 15 is 0 Å². The van der Waals surface area contributed by atoms with Gasteiger partial charge >= 0.3 is 0 Å². The van der Waals surface area contributed by atoms with Gasteiger partial charge in [-0.25, -0.2) is 0 Å². The summed E-state index contributed by atoms with van der Waals surface area (Å²) in [5.41, 5.74) is 0. The Bertz CT molecular complexity index is 1110.